The van der Waals surface area contributed by atoms with E-state index in [-0.39, 0.29) is 5.92 Å². The molecule has 0 aromatic heterocycles. The Kier molecular flexibility index (Phi) is 5.04. The number of carbonyl (C=O) groups is 1. The lowest BCUT2D eigenvalue weighted by Gasteiger charge is -2.32. The zero-order valence-electron chi connectivity index (χ0n) is 12.0. The van der Waals surface area contributed by atoms with Gasteiger partial charge in [0, 0.05) is 18.5 Å². The van der Waals surface area contributed by atoms with Gasteiger partial charge < -0.3 is 10.2 Å². The van der Waals surface area contributed by atoms with Crippen molar-refractivity contribution in [2.45, 2.75) is 57.4 Å². The van der Waals surface area contributed by atoms with E-state index in [2.05, 4.69) is 24.3 Å². The summed E-state index contributed by atoms with van der Waals surface area (Å²) in [6.45, 7) is 0.919. The zero-order chi connectivity index (χ0) is 13.0. The Morgan fingerprint density at radius 1 is 1.11 bits per heavy atom. The fourth-order valence-corrected chi connectivity index (χ4v) is 3.47. The van der Waals surface area contributed by atoms with E-state index in [1.807, 2.05) is 0 Å². The first-order chi connectivity index (χ1) is 8.66. The van der Waals surface area contributed by atoms with Crippen molar-refractivity contribution < 1.29 is 4.79 Å². The van der Waals surface area contributed by atoms with Crippen LogP contribution < -0.4 is 5.32 Å². The highest BCUT2D eigenvalue weighted by atomic mass is 16.1. The number of nitrogens with one attached hydrogen (secondary N) is 1. The fraction of sp³-hybridized carbons (Fsp3) is 0.933. The summed E-state index contributed by atoms with van der Waals surface area (Å²) >= 11 is 0. The van der Waals surface area contributed by atoms with Gasteiger partial charge in [0.15, 0.2) is 0 Å². The van der Waals surface area contributed by atoms with Crippen LogP contribution in [-0.4, -0.2) is 37.5 Å². The summed E-state index contributed by atoms with van der Waals surface area (Å²) in [4.78, 5) is 14.5. The van der Waals surface area contributed by atoms with Crippen LogP contribution in [0.4, 0.5) is 0 Å². The summed E-state index contributed by atoms with van der Waals surface area (Å²) in [6, 6.07) is 0.598. The molecule has 0 saturated heterocycles. The lowest BCUT2D eigenvalue weighted by Crippen LogP contribution is -2.40. The van der Waals surface area contributed by atoms with E-state index in [0.717, 1.165) is 25.3 Å². The maximum atomic E-state index is 12.2. The predicted octanol–water partition coefficient (Wildman–Crippen LogP) is 2.41. The molecule has 1 amide bonds. The Morgan fingerprint density at radius 3 is 2.50 bits per heavy atom. The molecule has 3 nitrogen and oxygen atoms in total. The molecule has 0 aromatic rings. The van der Waals surface area contributed by atoms with Crippen molar-refractivity contribution in [2.75, 3.05) is 20.6 Å². The smallest absolute Gasteiger partial charge is 0.223 e. The van der Waals surface area contributed by atoms with Gasteiger partial charge >= 0.3 is 0 Å². The second kappa shape index (κ2) is 6.55. The first kappa shape index (κ1) is 13.9. The zero-order valence-corrected chi connectivity index (χ0v) is 12.0. The second-order valence-corrected chi connectivity index (χ2v) is 6.38. The Morgan fingerprint density at radius 2 is 1.83 bits per heavy atom. The van der Waals surface area contributed by atoms with Crippen molar-refractivity contribution in [3.8, 4) is 0 Å². The largest absolute Gasteiger partial charge is 0.356 e. The molecule has 18 heavy (non-hydrogen) atoms. The van der Waals surface area contributed by atoms with Gasteiger partial charge in [0.1, 0.15) is 0 Å². The maximum Gasteiger partial charge on any atom is 0.223 e. The Labute approximate surface area is 111 Å². The number of rotatable bonds is 4. The quantitative estimate of drug-likeness (QED) is 0.833. The highest BCUT2D eigenvalue weighted by molar-refractivity contribution is 5.78. The van der Waals surface area contributed by atoms with Gasteiger partial charge in [-0.1, -0.05) is 19.3 Å². The summed E-state index contributed by atoms with van der Waals surface area (Å²) in [6.07, 6.45) is 9.91. The van der Waals surface area contributed by atoms with E-state index in [4.69, 9.17) is 0 Å². The van der Waals surface area contributed by atoms with Crippen LogP contribution in [0.15, 0.2) is 0 Å². The van der Waals surface area contributed by atoms with Crippen LogP contribution in [0.5, 0.6) is 0 Å². The minimum atomic E-state index is 0.257. The van der Waals surface area contributed by atoms with Crippen molar-refractivity contribution in [1.29, 1.82) is 0 Å². The number of carbonyl (C=O) groups excluding carboxylic acids is 1. The SMILES string of the molecule is CN(C)[C@@H]1CCC[C@@H](C(=O)NCC2CCCC2)C1. The van der Waals surface area contributed by atoms with Crippen LogP contribution in [0.1, 0.15) is 51.4 Å². The van der Waals surface area contributed by atoms with E-state index in [0.29, 0.717) is 11.9 Å². The number of hydrogen-bond donors (Lipinski definition) is 1. The van der Waals surface area contributed by atoms with E-state index < -0.39 is 0 Å². The van der Waals surface area contributed by atoms with Crippen molar-refractivity contribution in [3.63, 3.8) is 0 Å². The number of amides is 1. The van der Waals surface area contributed by atoms with Gasteiger partial charge in [-0.05, 0) is 52.1 Å². The summed E-state index contributed by atoms with van der Waals surface area (Å²) in [5.41, 5.74) is 0. The molecule has 3 heteroatoms. The van der Waals surface area contributed by atoms with Gasteiger partial charge in [-0.3, -0.25) is 4.79 Å². The third-order valence-corrected chi connectivity index (χ3v) is 4.79. The van der Waals surface area contributed by atoms with Crippen LogP contribution in [0.2, 0.25) is 0 Å². The maximum absolute atomic E-state index is 12.2. The number of hydrogen-bond acceptors (Lipinski definition) is 2. The molecule has 104 valence electrons. The van der Waals surface area contributed by atoms with E-state index in [1.54, 1.807) is 0 Å². The monoisotopic (exact) mass is 252 g/mol. The van der Waals surface area contributed by atoms with Crippen molar-refractivity contribution in [3.05, 3.63) is 0 Å². The van der Waals surface area contributed by atoms with Crippen LogP contribution in [0.25, 0.3) is 0 Å². The summed E-state index contributed by atoms with van der Waals surface area (Å²) in [5.74, 6) is 1.32. The lowest BCUT2D eigenvalue weighted by atomic mass is 9.84. The molecule has 0 radical (unpaired) electrons. The molecule has 2 aliphatic carbocycles. The third kappa shape index (κ3) is 3.71. The average Bonchev–Trinajstić information content (AvgIpc) is 2.89. The van der Waals surface area contributed by atoms with E-state index in [1.165, 1.54) is 38.5 Å². The first-order valence-electron chi connectivity index (χ1n) is 7.61. The highest BCUT2D eigenvalue weighted by Crippen LogP contribution is 2.27. The topological polar surface area (TPSA) is 32.3 Å². The molecule has 2 saturated carbocycles. The summed E-state index contributed by atoms with van der Waals surface area (Å²) in [5, 5.41) is 3.20. The summed E-state index contributed by atoms with van der Waals surface area (Å²) in [7, 11) is 4.26. The van der Waals surface area contributed by atoms with Crippen molar-refractivity contribution in [1.82, 2.24) is 10.2 Å². The third-order valence-electron chi connectivity index (χ3n) is 4.79. The predicted molar refractivity (Wildman–Crippen MR) is 74.4 cm³/mol. The Hall–Kier alpha value is -0.570. The standard InChI is InChI=1S/C15H28N2O/c1-17(2)14-9-5-8-13(10-14)15(18)16-11-12-6-3-4-7-12/h12-14H,3-11H2,1-2H3,(H,16,18)/t13-,14-/m1/s1. The lowest BCUT2D eigenvalue weighted by molar-refractivity contribution is -0.126. The second-order valence-electron chi connectivity index (χ2n) is 6.38. The Balaban J connectivity index is 1.73. The minimum absolute atomic E-state index is 0.257. The van der Waals surface area contributed by atoms with Gasteiger partial charge in [0.05, 0.1) is 0 Å². The first-order valence-corrected chi connectivity index (χ1v) is 7.61. The fourth-order valence-electron chi connectivity index (χ4n) is 3.47. The molecule has 2 atom stereocenters. The molecule has 0 spiro atoms. The van der Waals surface area contributed by atoms with Gasteiger partial charge in [-0.25, -0.2) is 0 Å². The average molecular weight is 252 g/mol. The molecular formula is C15H28N2O. The van der Waals surface area contributed by atoms with Crippen LogP contribution in [-0.2, 0) is 4.79 Å². The molecule has 0 unspecified atom stereocenters. The highest BCUT2D eigenvalue weighted by Gasteiger charge is 2.28. The molecule has 0 bridgehead atoms. The van der Waals surface area contributed by atoms with E-state index in [9.17, 15) is 4.79 Å². The molecule has 0 heterocycles. The molecular weight excluding hydrogens is 224 g/mol. The summed E-state index contributed by atoms with van der Waals surface area (Å²) < 4.78 is 0. The minimum Gasteiger partial charge on any atom is -0.356 e. The normalized spacial score (nSPS) is 29.7. The van der Waals surface area contributed by atoms with E-state index >= 15 is 0 Å². The van der Waals surface area contributed by atoms with Gasteiger partial charge in [0.25, 0.3) is 0 Å². The van der Waals surface area contributed by atoms with Crippen molar-refractivity contribution in [2.24, 2.45) is 11.8 Å². The van der Waals surface area contributed by atoms with Crippen LogP contribution in [0, 0.1) is 11.8 Å². The van der Waals surface area contributed by atoms with Crippen molar-refractivity contribution >= 4 is 5.91 Å². The van der Waals surface area contributed by atoms with Crippen LogP contribution in [0.3, 0.4) is 0 Å². The van der Waals surface area contributed by atoms with Gasteiger partial charge in [-0.15, -0.1) is 0 Å². The molecule has 2 aliphatic rings. The van der Waals surface area contributed by atoms with Gasteiger partial charge in [0.2, 0.25) is 5.91 Å². The molecule has 2 fully saturated rings. The molecule has 1 N–H and O–H groups in total. The molecule has 0 aromatic carbocycles. The van der Waals surface area contributed by atoms with Gasteiger partial charge in [-0.2, -0.15) is 0 Å². The Bertz CT molecular complexity index is 272. The van der Waals surface area contributed by atoms with Crippen LogP contribution >= 0.6 is 0 Å². The number of nitrogens with zero attached hydrogens (tertiary/aromatic N) is 1. The molecule has 2 rings (SSSR count). The molecule has 0 aliphatic heterocycles.